The summed E-state index contributed by atoms with van der Waals surface area (Å²) >= 11 is 5.86. The van der Waals surface area contributed by atoms with Crippen molar-refractivity contribution in [3.8, 4) is 0 Å². The number of hydrogen-bond donors (Lipinski definition) is 3. The van der Waals surface area contributed by atoms with Gasteiger partial charge in [0.05, 0.1) is 12.0 Å². The third kappa shape index (κ3) is 3.55. The van der Waals surface area contributed by atoms with Crippen LogP contribution in [-0.2, 0) is 9.59 Å². The third-order valence-electron chi connectivity index (χ3n) is 4.87. The van der Waals surface area contributed by atoms with Gasteiger partial charge in [0.15, 0.2) is 0 Å². The largest absolute Gasteiger partial charge is 0.396 e. The van der Waals surface area contributed by atoms with Crippen LogP contribution in [-0.4, -0.2) is 47.3 Å². The zero-order chi connectivity index (χ0) is 17.3. The van der Waals surface area contributed by atoms with Gasteiger partial charge >= 0.3 is 0 Å². The maximum absolute atomic E-state index is 12.4. The maximum atomic E-state index is 12.4. The van der Waals surface area contributed by atoms with E-state index < -0.39 is 12.0 Å². The summed E-state index contributed by atoms with van der Waals surface area (Å²) in [5.41, 5.74) is 0.733. The minimum atomic E-state index is -0.587. The highest BCUT2D eigenvalue weighted by atomic mass is 35.5. The van der Waals surface area contributed by atoms with Gasteiger partial charge in [0.25, 0.3) is 0 Å². The fourth-order valence-electron chi connectivity index (χ4n) is 3.49. The molecule has 1 aromatic carbocycles. The van der Waals surface area contributed by atoms with Crippen LogP contribution in [0.4, 0.5) is 5.69 Å². The van der Waals surface area contributed by atoms with E-state index in [-0.39, 0.29) is 36.8 Å². The first-order valence-corrected chi connectivity index (χ1v) is 8.51. The Balaban J connectivity index is 1.59. The number of hydrogen-bond acceptors (Lipinski definition) is 4. The number of carbonyl (C=O) groups is 2. The van der Waals surface area contributed by atoms with Crippen LogP contribution < -0.4 is 10.2 Å². The summed E-state index contributed by atoms with van der Waals surface area (Å²) in [6.45, 7) is 0.255. The first kappa shape index (κ1) is 17.2. The molecule has 0 spiro atoms. The van der Waals surface area contributed by atoms with Gasteiger partial charge in [-0.1, -0.05) is 11.6 Å². The lowest BCUT2D eigenvalue weighted by molar-refractivity contribution is -0.126. The van der Waals surface area contributed by atoms with Crippen LogP contribution in [0, 0.1) is 11.8 Å². The van der Waals surface area contributed by atoms with Gasteiger partial charge in [0.2, 0.25) is 11.8 Å². The van der Waals surface area contributed by atoms with E-state index in [2.05, 4.69) is 5.32 Å². The molecule has 1 saturated carbocycles. The molecule has 3 rings (SSSR count). The van der Waals surface area contributed by atoms with Crippen molar-refractivity contribution in [3.63, 3.8) is 0 Å². The van der Waals surface area contributed by atoms with Gasteiger partial charge in [-0.05, 0) is 37.1 Å². The van der Waals surface area contributed by atoms with Gasteiger partial charge in [-0.25, -0.2) is 0 Å². The lowest BCUT2D eigenvalue weighted by Crippen LogP contribution is -2.39. The third-order valence-corrected chi connectivity index (χ3v) is 5.12. The molecule has 4 atom stereocenters. The van der Waals surface area contributed by atoms with E-state index in [1.54, 1.807) is 29.2 Å². The molecule has 0 bridgehead atoms. The summed E-state index contributed by atoms with van der Waals surface area (Å²) < 4.78 is 0. The molecule has 3 N–H and O–H groups in total. The summed E-state index contributed by atoms with van der Waals surface area (Å²) in [5.74, 6) is -0.850. The Morgan fingerprint density at radius 1 is 1.29 bits per heavy atom. The number of aliphatic hydroxyl groups excluding tert-OH is 2. The molecule has 7 heteroatoms. The van der Waals surface area contributed by atoms with Gasteiger partial charge in [0.1, 0.15) is 0 Å². The molecule has 2 aliphatic rings. The highest BCUT2D eigenvalue weighted by Crippen LogP contribution is 2.29. The molecular weight excluding hydrogens is 332 g/mol. The summed E-state index contributed by atoms with van der Waals surface area (Å²) in [6.07, 6.45) is 0.590. The Morgan fingerprint density at radius 3 is 2.62 bits per heavy atom. The molecule has 0 unspecified atom stereocenters. The minimum Gasteiger partial charge on any atom is -0.396 e. The molecule has 1 saturated heterocycles. The lowest BCUT2D eigenvalue weighted by Gasteiger charge is -2.18. The van der Waals surface area contributed by atoms with E-state index in [0.29, 0.717) is 24.4 Å². The zero-order valence-corrected chi connectivity index (χ0v) is 13.9. The second kappa shape index (κ2) is 7.09. The number of nitrogens with one attached hydrogen (secondary N) is 1. The lowest BCUT2D eigenvalue weighted by atomic mass is 10.1. The van der Waals surface area contributed by atoms with E-state index in [4.69, 9.17) is 11.6 Å². The van der Waals surface area contributed by atoms with Crippen LogP contribution in [0.1, 0.15) is 19.3 Å². The fraction of sp³-hybridized carbons (Fsp3) is 0.529. The number of nitrogens with zero attached hydrogens (tertiary/aromatic N) is 1. The molecule has 130 valence electrons. The minimum absolute atomic E-state index is 0.0835. The van der Waals surface area contributed by atoms with E-state index in [9.17, 15) is 19.8 Å². The molecule has 1 aliphatic carbocycles. The number of carbonyl (C=O) groups excluding carboxylic acids is 2. The average Bonchev–Trinajstić information content (AvgIpc) is 3.11. The van der Waals surface area contributed by atoms with Crippen LogP contribution >= 0.6 is 11.6 Å². The first-order valence-electron chi connectivity index (χ1n) is 8.13. The normalized spacial score (nSPS) is 30.0. The van der Waals surface area contributed by atoms with Gasteiger partial charge in [0, 0.05) is 42.2 Å². The molecule has 1 aliphatic heterocycles. The predicted octanol–water partition coefficient (Wildman–Crippen LogP) is 0.941. The first-order chi connectivity index (χ1) is 11.5. The Labute approximate surface area is 145 Å². The second-order valence-corrected chi connectivity index (χ2v) is 7.01. The second-order valence-electron chi connectivity index (χ2n) is 6.57. The zero-order valence-electron chi connectivity index (χ0n) is 13.2. The maximum Gasteiger partial charge on any atom is 0.227 e. The standard InChI is InChI=1S/C17H21ClN2O4/c18-12-1-3-14(4-2-12)20-8-10(6-16(20)23)17(24)19-13-5-11(9-21)15(22)7-13/h1-4,10-11,13,15,21-22H,5-9H2,(H,19,24)/t10-,11+,13+,15+/m1/s1. The Kier molecular flexibility index (Phi) is 5.08. The monoisotopic (exact) mass is 352 g/mol. The van der Waals surface area contributed by atoms with Crippen molar-refractivity contribution in [1.29, 1.82) is 0 Å². The van der Waals surface area contributed by atoms with Crippen molar-refractivity contribution in [1.82, 2.24) is 5.32 Å². The van der Waals surface area contributed by atoms with Crippen LogP contribution in [0.5, 0.6) is 0 Å². The highest BCUT2D eigenvalue weighted by Gasteiger charge is 2.38. The Bertz CT molecular complexity index is 622. The molecule has 0 radical (unpaired) electrons. The quantitative estimate of drug-likeness (QED) is 0.752. The average molecular weight is 353 g/mol. The molecule has 2 fully saturated rings. The molecule has 2 amide bonds. The number of benzene rings is 1. The number of aliphatic hydroxyl groups is 2. The molecule has 24 heavy (non-hydrogen) atoms. The topological polar surface area (TPSA) is 89.9 Å². The molecule has 1 aromatic rings. The number of rotatable bonds is 4. The van der Waals surface area contributed by atoms with Crippen molar-refractivity contribution in [2.24, 2.45) is 11.8 Å². The fourth-order valence-corrected chi connectivity index (χ4v) is 3.62. The Morgan fingerprint density at radius 2 is 2.00 bits per heavy atom. The van der Waals surface area contributed by atoms with Gasteiger partial charge < -0.3 is 20.4 Å². The van der Waals surface area contributed by atoms with E-state index in [1.807, 2.05) is 0 Å². The summed E-state index contributed by atoms with van der Waals surface area (Å²) in [5, 5.41) is 22.5. The van der Waals surface area contributed by atoms with E-state index >= 15 is 0 Å². The number of amides is 2. The van der Waals surface area contributed by atoms with Crippen LogP contribution in [0.2, 0.25) is 5.02 Å². The molecule has 6 nitrogen and oxygen atoms in total. The van der Waals surface area contributed by atoms with Crippen LogP contribution in [0.15, 0.2) is 24.3 Å². The SMILES string of the molecule is O=C(N[C@H]1C[C@@H](CO)[C@@H](O)C1)[C@@H]1CC(=O)N(c2ccc(Cl)cc2)C1. The van der Waals surface area contributed by atoms with E-state index in [1.165, 1.54) is 0 Å². The van der Waals surface area contributed by atoms with Gasteiger partial charge in [-0.15, -0.1) is 0 Å². The molecular formula is C17H21ClN2O4. The number of halogens is 1. The Hall–Kier alpha value is -1.63. The molecule has 0 aromatic heterocycles. The van der Waals surface area contributed by atoms with Crippen molar-refractivity contribution < 1.29 is 19.8 Å². The van der Waals surface area contributed by atoms with Crippen molar-refractivity contribution >= 4 is 29.1 Å². The number of anilines is 1. The van der Waals surface area contributed by atoms with Crippen molar-refractivity contribution in [2.45, 2.75) is 31.4 Å². The molecule has 1 heterocycles. The predicted molar refractivity (Wildman–Crippen MR) is 89.7 cm³/mol. The van der Waals surface area contributed by atoms with E-state index in [0.717, 1.165) is 5.69 Å². The summed E-state index contributed by atoms with van der Waals surface area (Å²) in [6, 6.07) is 6.81. The van der Waals surface area contributed by atoms with Crippen LogP contribution in [0.3, 0.4) is 0 Å². The summed E-state index contributed by atoms with van der Waals surface area (Å²) in [4.78, 5) is 26.2. The van der Waals surface area contributed by atoms with Crippen molar-refractivity contribution in [3.05, 3.63) is 29.3 Å². The van der Waals surface area contributed by atoms with Crippen molar-refractivity contribution in [2.75, 3.05) is 18.1 Å². The van der Waals surface area contributed by atoms with Crippen LogP contribution in [0.25, 0.3) is 0 Å². The van der Waals surface area contributed by atoms with Gasteiger partial charge in [-0.3, -0.25) is 9.59 Å². The summed E-state index contributed by atoms with van der Waals surface area (Å²) in [7, 11) is 0. The smallest absolute Gasteiger partial charge is 0.227 e. The highest BCUT2D eigenvalue weighted by molar-refractivity contribution is 6.30. The van der Waals surface area contributed by atoms with Gasteiger partial charge in [-0.2, -0.15) is 0 Å².